The molecule has 0 aromatic rings. The number of thiol groups is 1. The van der Waals surface area contributed by atoms with Crippen LogP contribution in [0.2, 0.25) is 0 Å². The summed E-state index contributed by atoms with van der Waals surface area (Å²) < 4.78 is 23.4. The third-order valence-corrected chi connectivity index (χ3v) is 8.13. The van der Waals surface area contributed by atoms with E-state index in [0.717, 1.165) is 39.1 Å². The number of carbonyl (C=O) groups excluding carboxylic acids is 2. The predicted octanol–water partition coefficient (Wildman–Crippen LogP) is 4.96. The van der Waals surface area contributed by atoms with Gasteiger partial charge in [-0.2, -0.15) is 0 Å². The summed E-state index contributed by atoms with van der Waals surface area (Å²) in [5.41, 5.74) is 0.750. The van der Waals surface area contributed by atoms with E-state index in [2.05, 4.69) is 29.7 Å². The van der Waals surface area contributed by atoms with Crippen LogP contribution in [0.1, 0.15) is 82.1 Å². The van der Waals surface area contributed by atoms with Crippen molar-refractivity contribution in [2.45, 2.75) is 105 Å². The molecule has 39 heavy (non-hydrogen) atoms. The first kappa shape index (κ1) is 35.9. The molecule has 1 aliphatic heterocycles. The van der Waals surface area contributed by atoms with Gasteiger partial charge in [0, 0.05) is 45.1 Å². The predicted molar refractivity (Wildman–Crippen MR) is 160 cm³/mol. The molecule has 9 heteroatoms. The molecule has 1 heterocycles. The second-order valence-electron chi connectivity index (χ2n) is 12.2. The van der Waals surface area contributed by atoms with Crippen molar-refractivity contribution in [1.82, 2.24) is 9.80 Å². The Morgan fingerprint density at radius 2 is 1.49 bits per heavy atom. The van der Waals surface area contributed by atoms with Gasteiger partial charge in [0.05, 0.1) is 25.4 Å². The largest absolute Gasteiger partial charge is 0.460 e. The molecule has 0 amide bonds. The molecular formula is C30H56N2O6S. The zero-order chi connectivity index (χ0) is 29.8. The van der Waals surface area contributed by atoms with Gasteiger partial charge in [0.1, 0.15) is 17.1 Å². The highest BCUT2D eigenvalue weighted by Gasteiger charge is 2.35. The average molecular weight is 573 g/mol. The van der Waals surface area contributed by atoms with E-state index in [1.165, 1.54) is 5.57 Å². The molecule has 0 spiro atoms. The van der Waals surface area contributed by atoms with Gasteiger partial charge < -0.3 is 23.8 Å². The van der Waals surface area contributed by atoms with E-state index in [-0.39, 0.29) is 36.5 Å². The second-order valence-corrected chi connectivity index (χ2v) is 13.1. The number of hydrogen-bond donors (Lipinski definition) is 1. The van der Waals surface area contributed by atoms with Gasteiger partial charge in [0.2, 0.25) is 0 Å². The van der Waals surface area contributed by atoms with E-state index >= 15 is 0 Å². The van der Waals surface area contributed by atoms with Crippen molar-refractivity contribution in [2.75, 3.05) is 52.5 Å². The van der Waals surface area contributed by atoms with Crippen LogP contribution >= 0.6 is 12.6 Å². The molecule has 8 nitrogen and oxygen atoms in total. The fraction of sp³-hybridized carbons (Fsp3) is 0.867. The van der Waals surface area contributed by atoms with Gasteiger partial charge in [-0.15, -0.1) is 12.6 Å². The Labute approximate surface area is 243 Å². The first-order valence-electron chi connectivity index (χ1n) is 14.5. The maximum atomic E-state index is 12.5. The molecule has 0 aliphatic carbocycles. The first-order chi connectivity index (χ1) is 18.1. The lowest BCUT2D eigenvalue weighted by molar-refractivity contribution is -0.172. The number of carbonyl (C=O) groups is 2. The number of allylic oxidation sites excluding steroid dienone is 1. The molecule has 0 N–H and O–H groups in total. The summed E-state index contributed by atoms with van der Waals surface area (Å²) in [7, 11) is 0. The lowest BCUT2D eigenvalue weighted by Crippen LogP contribution is -2.48. The van der Waals surface area contributed by atoms with Crippen LogP contribution in [0.15, 0.2) is 11.6 Å². The van der Waals surface area contributed by atoms with Crippen LogP contribution < -0.4 is 0 Å². The van der Waals surface area contributed by atoms with Crippen LogP contribution in [-0.4, -0.2) is 97.0 Å². The van der Waals surface area contributed by atoms with Crippen LogP contribution in [0.4, 0.5) is 0 Å². The number of piperazine rings is 1. The SMILES string of the molecule is CC=C(C)CCN1CCN(CC(=O)OC(C)COC(C)(S)C(C)COC(C)(C)C(C)OC(=O)CC(C)C)CC1. The highest BCUT2D eigenvalue weighted by molar-refractivity contribution is 7.81. The van der Waals surface area contributed by atoms with Crippen molar-refractivity contribution >= 4 is 24.6 Å². The summed E-state index contributed by atoms with van der Waals surface area (Å²) in [6, 6.07) is 0. The molecule has 0 aromatic heterocycles. The summed E-state index contributed by atoms with van der Waals surface area (Å²) in [5, 5.41) is 0. The summed E-state index contributed by atoms with van der Waals surface area (Å²) in [5.74, 6) is -0.278. The van der Waals surface area contributed by atoms with E-state index < -0.39 is 16.6 Å². The molecule has 1 saturated heterocycles. The van der Waals surface area contributed by atoms with Crippen molar-refractivity contribution in [1.29, 1.82) is 0 Å². The number of hydrogen-bond acceptors (Lipinski definition) is 9. The first-order valence-corrected chi connectivity index (χ1v) is 15.0. The Bertz CT molecular complexity index is 777. The van der Waals surface area contributed by atoms with Crippen LogP contribution in [0.3, 0.4) is 0 Å². The number of nitrogens with zero attached hydrogens (tertiary/aromatic N) is 2. The number of rotatable bonds is 17. The second kappa shape index (κ2) is 17.0. The summed E-state index contributed by atoms with van der Waals surface area (Å²) in [4.78, 5) is 28.4. The van der Waals surface area contributed by atoms with Gasteiger partial charge in [-0.25, -0.2) is 0 Å². The van der Waals surface area contributed by atoms with Crippen molar-refractivity contribution in [3.05, 3.63) is 11.6 Å². The van der Waals surface area contributed by atoms with Crippen LogP contribution in [-0.2, 0) is 28.5 Å². The lowest BCUT2D eigenvalue weighted by atomic mass is 10.0. The van der Waals surface area contributed by atoms with Crippen molar-refractivity contribution in [3.8, 4) is 0 Å². The monoisotopic (exact) mass is 572 g/mol. The Balaban J connectivity index is 2.38. The molecule has 1 fully saturated rings. The average Bonchev–Trinajstić information content (AvgIpc) is 2.84. The molecule has 1 rings (SSSR count). The Morgan fingerprint density at radius 3 is 2.05 bits per heavy atom. The maximum absolute atomic E-state index is 12.5. The van der Waals surface area contributed by atoms with Crippen molar-refractivity contribution < 1.29 is 28.5 Å². The Hall–Kier alpha value is -1.13. The van der Waals surface area contributed by atoms with Crippen LogP contribution in [0.25, 0.3) is 0 Å². The third kappa shape index (κ3) is 14.4. The van der Waals surface area contributed by atoms with Gasteiger partial charge >= 0.3 is 11.9 Å². The highest BCUT2D eigenvalue weighted by atomic mass is 32.1. The lowest BCUT2D eigenvalue weighted by Gasteiger charge is -2.36. The van der Waals surface area contributed by atoms with E-state index in [9.17, 15) is 9.59 Å². The van der Waals surface area contributed by atoms with E-state index in [0.29, 0.717) is 19.6 Å². The fourth-order valence-corrected chi connectivity index (χ4v) is 4.04. The minimum absolute atomic E-state index is 0.0746. The van der Waals surface area contributed by atoms with Crippen LogP contribution in [0, 0.1) is 11.8 Å². The van der Waals surface area contributed by atoms with Gasteiger partial charge in [-0.05, 0) is 60.8 Å². The highest BCUT2D eigenvalue weighted by Crippen LogP contribution is 2.29. The van der Waals surface area contributed by atoms with Crippen molar-refractivity contribution in [2.24, 2.45) is 11.8 Å². The summed E-state index contributed by atoms with van der Waals surface area (Å²) in [6.45, 7) is 25.2. The molecule has 0 radical (unpaired) electrons. The molecular weight excluding hydrogens is 516 g/mol. The molecule has 228 valence electrons. The normalized spacial score (nSPS) is 19.8. The molecule has 4 unspecified atom stereocenters. The van der Waals surface area contributed by atoms with E-state index in [4.69, 9.17) is 31.6 Å². The Morgan fingerprint density at radius 1 is 0.897 bits per heavy atom. The molecule has 0 aromatic carbocycles. The summed E-state index contributed by atoms with van der Waals surface area (Å²) in [6.07, 6.45) is 2.86. The topological polar surface area (TPSA) is 77.5 Å². The number of ether oxygens (including phenoxy) is 4. The van der Waals surface area contributed by atoms with Gasteiger partial charge in [-0.1, -0.05) is 32.4 Å². The minimum Gasteiger partial charge on any atom is -0.460 e. The molecule has 1 aliphatic rings. The summed E-state index contributed by atoms with van der Waals surface area (Å²) >= 11 is 4.73. The maximum Gasteiger partial charge on any atom is 0.320 e. The minimum atomic E-state index is -0.796. The standard InChI is InChI=1S/C30H56N2O6S/c1-11-23(4)12-13-31-14-16-32(17-15-31)19-28(34)37-25(6)21-36-30(10,39)24(5)20-35-29(8,9)26(7)38-27(33)18-22(2)3/h11,22,24-26,39H,12-21H2,1-10H3. The molecule has 4 atom stereocenters. The molecule has 0 saturated carbocycles. The number of esters is 2. The zero-order valence-corrected chi connectivity index (χ0v) is 27.1. The molecule has 0 bridgehead atoms. The van der Waals surface area contributed by atoms with Gasteiger partial charge in [0.15, 0.2) is 0 Å². The van der Waals surface area contributed by atoms with Gasteiger partial charge in [0.25, 0.3) is 0 Å². The van der Waals surface area contributed by atoms with Crippen LogP contribution in [0.5, 0.6) is 0 Å². The zero-order valence-electron chi connectivity index (χ0n) is 26.2. The van der Waals surface area contributed by atoms with Gasteiger partial charge in [-0.3, -0.25) is 14.5 Å². The van der Waals surface area contributed by atoms with E-state index in [1.54, 1.807) is 0 Å². The Kier molecular flexibility index (Phi) is 15.6. The fourth-order valence-electron chi connectivity index (χ4n) is 3.89. The third-order valence-electron chi connectivity index (χ3n) is 7.56. The quantitative estimate of drug-likeness (QED) is 0.113. The smallest absolute Gasteiger partial charge is 0.320 e. The van der Waals surface area contributed by atoms with Crippen molar-refractivity contribution in [3.63, 3.8) is 0 Å². The van der Waals surface area contributed by atoms with E-state index in [1.807, 2.05) is 55.4 Å².